The van der Waals surface area contributed by atoms with Gasteiger partial charge in [0.15, 0.2) is 0 Å². The third-order valence-corrected chi connectivity index (χ3v) is 15.2. The lowest BCUT2D eigenvalue weighted by molar-refractivity contribution is 0.359. The van der Waals surface area contributed by atoms with Crippen molar-refractivity contribution in [1.29, 1.82) is 0 Å². The van der Waals surface area contributed by atoms with Gasteiger partial charge in [-0.3, -0.25) is 0 Å². The lowest BCUT2D eigenvalue weighted by Crippen LogP contribution is -2.24. The molecule has 0 nitrogen and oxygen atoms in total. The Labute approximate surface area is 340 Å². The fraction of sp³-hybridized carbons (Fsp3) is 0.429. The molecule has 6 aromatic rings. The van der Waals surface area contributed by atoms with Crippen LogP contribution in [0.3, 0.4) is 0 Å². The summed E-state index contributed by atoms with van der Waals surface area (Å²) in [7, 11) is 0. The smallest absolute Gasteiger partial charge is 0.00644 e. The Kier molecular flexibility index (Phi) is 10.7. The molecule has 0 heterocycles. The van der Waals surface area contributed by atoms with E-state index in [0.29, 0.717) is 0 Å². The molecule has 0 radical (unpaired) electrons. The predicted octanol–water partition coefficient (Wildman–Crippen LogP) is 15.5. The molecule has 0 spiro atoms. The van der Waals surface area contributed by atoms with Crippen LogP contribution in [0.2, 0.25) is 0 Å². The Bertz CT molecular complexity index is 2360. The molecule has 0 aromatic heterocycles. The van der Waals surface area contributed by atoms with E-state index in [4.69, 9.17) is 0 Å². The predicted molar refractivity (Wildman–Crippen MR) is 247 cm³/mol. The van der Waals surface area contributed by atoms with E-state index in [1.165, 1.54) is 125 Å². The van der Waals surface area contributed by atoms with Crippen LogP contribution >= 0.6 is 0 Å². The molecule has 0 bridgehead atoms. The second-order valence-electron chi connectivity index (χ2n) is 19.1. The van der Waals surface area contributed by atoms with Crippen LogP contribution in [0.1, 0.15) is 117 Å². The number of fused-ring (bicyclic) bond motifs is 4. The van der Waals surface area contributed by atoms with Gasteiger partial charge in [0.2, 0.25) is 0 Å². The van der Waals surface area contributed by atoms with Crippen molar-refractivity contribution in [2.45, 2.75) is 136 Å². The zero-order valence-electron chi connectivity index (χ0n) is 37.8. The number of hydrogen-bond acceptors (Lipinski definition) is 0. The number of benzene rings is 6. The second kappa shape index (κ2) is 15.0. The summed E-state index contributed by atoms with van der Waals surface area (Å²) in [4.78, 5) is 0. The van der Waals surface area contributed by atoms with E-state index in [2.05, 4.69) is 159 Å². The zero-order chi connectivity index (χ0) is 40.7. The van der Waals surface area contributed by atoms with Crippen molar-refractivity contribution in [2.24, 2.45) is 23.7 Å². The molecular formula is C56H68. The van der Waals surface area contributed by atoms with E-state index >= 15 is 0 Å². The van der Waals surface area contributed by atoms with Crippen molar-refractivity contribution in [3.05, 3.63) is 138 Å². The average molecular weight is 741 g/mol. The Morgan fingerprint density at radius 1 is 0.304 bits per heavy atom. The van der Waals surface area contributed by atoms with Crippen LogP contribution in [-0.4, -0.2) is 0 Å². The van der Waals surface area contributed by atoms with Crippen LogP contribution < -0.4 is 0 Å². The molecule has 2 aliphatic rings. The van der Waals surface area contributed by atoms with Gasteiger partial charge in [-0.2, -0.15) is 0 Å². The van der Waals surface area contributed by atoms with Gasteiger partial charge < -0.3 is 0 Å². The molecule has 292 valence electrons. The monoisotopic (exact) mass is 741 g/mol. The van der Waals surface area contributed by atoms with Crippen molar-refractivity contribution < 1.29 is 0 Å². The maximum atomic E-state index is 2.50. The van der Waals surface area contributed by atoms with Gasteiger partial charge in [-0.15, -0.1) is 0 Å². The Balaban J connectivity index is 0.000000172. The highest BCUT2D eigenvalue weighted by Gasteiger charge is 2.31. The normalized spacial score (nSPS) is 19.1. The first-order valence-electron chi connectivity index (χ1n) is 21.6. The van der Waals surface area contributed by atoms with Crippen molar-refractivity contribution in [3.63, 3.8) is 0 Å². The maximum Gasteiger partial charge on any atom is -0.00644 e. The molecule has 6 aromatic carbocycles. The van der Waals surface area contributed by atoms with Crippen LogP contribution in [-0.2, 0) is 25.7 Å². The van der Waals surface area contributed by atoms with Gasteiger partial charge in [0.1, 0.15) is 0 Å². The van der Waals surface area contributed by atoms with Gasteiger partial charge in [0.25, 0.3) is 0 Å². The van der Waals surface area contributed by atoms with Crippen molar-refractivity contribution in [3.8, 4) is 22.3 Å². The molecule has 0 aliphatic heterocycles. The van der Waals surface area contributed by atoms with E-state index in [9.17, 15) is 0 Å². The summed E-state index contributed by atoms with van der Waals surface area (Å²) in [5.74, 6) is 3.12. The third kappa shape index (κ3) is 6.84. The van der Waals surface area contributed by atoms with Crippen LogP contribution in [0.25, 0.3) is 43.8 Å². The molecule has 0 heteroatoms. The van der Waals surface area contributed by atoms with E-state index in [1.54, 1.807) is 33.4 Å². The Morgan fingerprint density at radius 3 is 0.929 bits per heavy atom. The standard InChI is InChI=1S/C28H38.C28H30/c2*1-15-9-23-11-19(5)21(7)27(25(23)13-17(15)3)28-22(8)20(6)12-24-10-16(2)18(4)14-26(24)28/h11-12,15-18H,9-10,13-14H2,1-8H3;9-14H,1-8H3. The summed E-state index contributed by atoms with van der Waals surface area (Å²) >= 11 is 0. The number of rotatable bonds is 2. The molecule has 0 saturated heterocycles. The highest BCUT2D eigenvalue weighted by Crippen LogP contribution is 2.46. The molecular weight excluding hydrogens is 673 g/mol. The minimum absolute atomic E-state index is 0.772. The maximum absolute atomic E-state index is 2.50. The molecule has 56 heavy (non-hydrogen) atoms. The summed E-state index contributed by atoms with van der Waals surface area (Å²) < 4.78 is 0. The van der Waals surface area contributed by atoms with Gasteiger partial charge in [-0.05, 0) is 265 Å². The first-order valence-corrected chi connectivity index (χ1v) is 21.6. The van der Waals surface area contributed by atoms with Gasteiger partial charge >= 0.3 is 0 Å². The second-order valence-corrected chi connectivity index (χ2v) is 19.1. The summed E-state index contributed by atoms with van der Waals surface area (Å²) in [6, 6.07) is 19.2. The minimum Gasteiger partial charge on any atom is -0.0619 e. The van der Waals surface area contributed by atoms with Crippen LogP contribution in [0.15, 0.2) is 48.5 Å². The summed E-state index contributed by atoms with van der Waals surface area (Å²) in [5, 5.41) is 5.44. The summed E-state index contributed by atoms with van der Waals surface area (Å²) in [6.07, 6.45) is 4.96. The van der Waals surface area contributed by atoms with E-state index in [0.717, 1.165) is 23.7 Å². The van der Waals surface area contributed by atoms with Crippen molar-refractivity contribution >= 4 is 21.5 Å². The highest BCUT2D eigenvalue weighted by atomic mass is 14.4. The molecule has 0 amide bonds. The molecule has 2 aliphatic carbocycles. The molecule has 0 fully saturated rings. The molecule has 0 N–H and O–H groups in total. The minimum atomic E-state index is 0.772. The first kappa shape index (κ1) is 40.1. The van der Waals surface area contributed by atoms with Gasteiger partial charge in [0.05, 0.1) is 0 Å². The lowest BCUT2D eigenvalue weighted by Gasteiger charge is -2.35. The van der Waals surface area contributed by atoms with Gasteiger partial charge in [0, 0.05) is 0 Å². The first-order chi connectivity index (χ1) is 26.4. The zero-order valence-corrected chi connectivity index (χ0v) is 37.8. The Morgan fingerprint density at radius 2 is 0.571 bits per heavy atom. The largest absolute Gasteiger partial charge is 0.0619 e. The van der Waals surface area contributed by atoms with E-state index in [-0.39, 0.29) is 0 Å². The molecule has 4 unspecified atom stereocenters. The summed E-state index contributed by atoms with van der Waals surface area (Å²) in [6.45, 7) is 37.1. The van der Waals surface area contributed by atoms with Crippen molar-refractivity contribution in [1.82, 2.24) is 0 Å². The number of hydrogen-bond donors (Lipinski definition) is 0. The fourth-order valence-electron chi connectivity index (χ4n) is 10.2. The van der Waals surface area contributed by atoms with Crippen LogP contribution in [0.4, 0.5) is 0 Å². The number of aryl methyl sites for hydroxylation is 8. The van der Waals surface area contributed by atoms with E-state index in [1.807, 2.05) is 0 Å². The third-order valence-electron chi connectivity index (χ3n) is 15.2. The fourth-order valence-corrected chi connectivity index (χ4v) is 10.2. The Hall–Kier alpha value is -4.16. The average Bonchev–Trinajstić information content (AvgIpc) is 3.13. The molecule has 0 saturated carbocycles. The molecule has 8 rings (SSSR count). The molecule has 4 atom stereocenters. The van der Waals surface area contributed by atoms with Gasteiger partial charge in [-0.25, -0.2) is 0 Å². The SMILES string of the molecule is Cc1cc2c(c(-c3c(C)c(C)cc4c3CC(C)C(C)C4)c1C)CC(C)C(C)C2.Cc1cc2cc(C)c(C)c(-c3c(C)c(C)cc4cc(C)c(C)cc34)c2cc1C. The lowest BCUT2D eigenvalue weighted by atomic mass is 9.69. The van der Waals surface area contributed by atoms with Crippen LogP contribution in [0.5, 0.6) is 0 Å². The van der Waals surface area contributed by atoms with Gasteiger partial charge in [-0.1, -0.05) is 76.2 Å². The highest BCUT2D eigenvalue weighted by molar-refractivity contribution is 6.09. The quantitative estimate of drug-likeness (QED) is 0.166. The topological polar surface area (TPSA) is 0 Å². The van der Waals surface area contributed by atoms with Crippen LogP contribution in [0, 0.1) is 107 Å². The van der Waals surface area contributed by atoms with Crippen molar-refractivity contribution in [2.75, 3.05) is 0 Å². The van der Waals surface area contributed by atoms with E-state index < -0.39 is 0 Å². The summed E-state index contributed by atoms with van der Waals surface area (Å²) in [5.41, 5.74) is 29.5.